The predicted octanol–water partition coefficient (Wildman–Crippen LogP) is 0.963. The average Bonchev–Trinajstić information content (AvgIpc) is 2.61. The van der Waals surface area contributed by atoms with Crippen LogP contribution in [0.1, 0.15) is 25.7 Å². The molecule has 120 valence electrons. The Morgan fingerprint density at radius 2 is 1.83 bits per heavy atom. The van der Waals surface area contributed by atoms with E-state index in [1.807, 2.05) is 6.07 Å². The number of rotatable bonds is 1. The Hall–Kier alpha value is -2.27. The zero-order valence-corrected chi connectivity index (χ0v) is 12.9. The highest BCUT2D eigenvalue weighted by molar-refractivity contribution is 5.47. The first-order valence-electron chi connectivity index (χ1n) is 7.89. The van der Waals surface area contributed by atoms with Crippen molar-refractivity contribution in [2.45, 2.75) is 31.4 Å². The van der Waals surface area contributed by atoms with Crippen LogP contribution in [-0.2, 0) is 9.47 Å². The Bertz CT molecular complexity index is 633. The van der Waals surface area contributed by atoms with Gasteiger partial charge in [0.15, 0.2) is 11.1 Å². The highest BCUT2D eigenvalue weighted by Crippen LogP contribution is 2.55. The smallest absolute Gasteiger partial charge is 0.203 e. The second-order valence-corrected chi connectivity index (χ2v) is 6.23. The van der Waals surface area contributed by atoms with E-state index >= 15 is 0 Å². The van der Waals surface area contributed by atoms with Gasteiger partial charge in [0.2, 0.25) is 5.88 Å². The number of hydrogen-bond donors (Lipinski definition) is 1. The highest BCUT2D eigenvalue weighted by Gasteiger charge is 2.63. The molecule has 7 nitrogen and oxygen atoms in total. The summed E-state index contributed by atoms with van der Waals surface area (Å²) in [6.45, 7) is 2.49. The topological polar surface area (TPSA) is 119 Å². The van der Waals surface area contributed by atoms with Gasteiger partial charge >= 0.3 is 0 Å². The van der Waals surface area contributed by atoms with Gasteiger partial charge in [-0.05, 0) is 12.8 Å². The van der Waals surface area contributed by atoms with Gasteiger partial charge in [0, 0.05) is 19.5 Å². The van der Waals surface area contributed by atoms with Crippen LogP contribution in [0.2, 0.25) is 0 Å². The lowest BCUT2D eigenvalue weighted by Gasteiger charge is -2.56. The number of nitriles is 3. The van der Waals surface area contributed by atoms with E-state index in [0.717, 1.165) is 12.8 Å². The third-order valence-corrected chi connectivity index (χ3v) is 5.28. The second kappa shape index (κ2) is 5.74. The van der Waals surface area contributed by atoms with E-state index in [1.54, 1.807) is 0 Å². The molecule has 3 aliphatic rings. The lowest BCUT2D eigenvalue weighted by atomic mass is 9.61. The van der Waals surface area contributed by atoms with Gasteiger partial charge in [-0.1, -0.05) is 6.42 Å². The first kappa shape index (κ1) is 15.6. The zero-order valence-electron chi connectivity index (χ0n) is 12.9. The molecule has 23 heavy (non-hydrogen) atoms. The molecule has 0 aromatic carbocycles. The maximum absolute atomic E-state index is 9.80. The van der Waals surface area contributed by atoms with Crippen molar-refractivity contribution in [3.8, 4) is 18.2 Å². The monoisotopic (exact) mass is 313 g/mol. The van der Waals surface area contributed by atoms with E-state index in [0.29, 0.717) is 39.1 Å². The zero-order chi connectivity index (χ0) is 16.5. The normalized spacial score (nSPS) is 33.5. The van der Waals surface area contributed by atoms with Gasteiger partial charge in [0.1, 0.15) is 11.6 Å². The van der Waals surface area contributed by atoms with Crippen LogP contribution < -0.4 is 5.73 Å². The Labute approximate surface area is 135 Å². The van der Waals surface area contributed by atoms with Crippen LogP contribution in [0, 0.1) is 45.3 Å². The molecule has 1 saturated heterocycles. The SMILES string of the molecule is N#CC1=C(N)O[C@@]2(N3CCOCC3)CCCC[C@@H]2C1(C#N)C#N. The van der Waals surface area contributed by atoms with Crippen molar-refractivity contribution in [1.82, 2.24) is 4.90 Å². The van der Waals surface area contributed by atoms with E-state index in [-0.39, 0.29) is 11.5 Å². The lowest BCUT2D eigenvalue weighted by molar-refractivity contribution is -0.223. The molecule has 2 heterocycles. The van der Waals surface area contributed by atoms with Gasteiger partial charge in [0.05, 0.1) is 31.3 Å². The van der Waals surface area contributed by atoms with Crippen molar-refractivity contribution in [3.05, 3.63) is 11.5 Å². The van der Waals surface area contributed by atoms with Crippen molar-refractivity contribution < 1.29 is 9.47 Å². The Kier molecular flexibility index (Phi) is 3.90. The number of morpholine rings is 1. The summed E-state index contributed by atoms with van der Waals surface area (Å²) >= 11 is 0. The van der Waals surface area contributed by atoms with E-state index < -0.39 is 17.1 Å². The minimum absolute atomic E-state index is 0.0433. The molecule has 0 aromatic heterocycles. The van der Waals surface area contributed by atoms with Crippen LogP contribution in [0.4, 0.5) is 0 Å². The first-order chi connectivity index (χ1) is 11.1. The van der Waals surface area contributed by atoms with Gasteiger partial charge in [-0.25, -0.2) is 0 Å². The molecule has 0 unspecified atom stereocenters. The summed E-state index contributed by atoms with van der Waals surface area (Å²) < 4.78 is 11.5. The van der Waals surface area contributed by atoms with Crippen LogP contribution in [-0.4, -0.2) is 36.9 Å². The maximum atomic E-state index is 9.80. The molecule has 2 aliphatic heterocycles. The number of allylic oxidation sites excluding steroid dienone is 1. The number of hydrogen-bond acceptors (Lipinski definition) is 7. The van der Waals surface area contributed by atoms with Gasteiger partial charge in [-0.2, -0.15) is 15.8 Å². The molecule has 0 bridgehead atoms. The molecule has 0 spiro atoms. The average molecular weight is 313 g/mol. The predicted molar refractivity (Wildman–Crippen MR) is 78.7 cm³/mol. The van der Waals surface area contributed by atoms with Crippen LogP contribution in [0.25, 0.3) is 0 Å². The summed E-state index contributed by atoms with van der Waals surface area (Å²) in [5.41, 5.74) is 3.61. The van der Waals surface area contributed by atoms with Crippen molar-refractivity contribution in [2.24, 2.45) is 17.1 Å². The van der Waals surface area contributed by atoms with E-state index in [1.165, 1.54) is 0 Å². The van der Waals surface area contributed by atoms with E-state index in [4.69, 9.17) is 15.2 Å². The number of nitrogens with two attached hydrogens (primary N) is 1. The lowest BCUT2D eigenvalue weighted by Crippen LogP contribution is -2.66. The van der Waals surface area contributed by atoms with Crippen molar-refractivity contribution >= 4 is 0 Å². The first-order valence-corrected chi connectivity index (χ1v) is 7.89. The molecule has 0 radical (unpaired) electrons. The third kappa shape index (κ3) is 2.07. The van der Waals surface area contributed by atoms with Crippen LogP contribution in [0.15, 0.2) is 11.5 Å². The fourth-order valence-corrected chi connectivity index (χ4v) is 4.23. The number of nitrogens with zero attached hydrogens (tertiary/aromatic N) is 4. The fraction of sp³-hybridized carbons (Fsp3) is 0.688. The van der Waals surface area contributed by atoms with Crippen molar-refractivity contribution in [3.63, 3.8) is 0 Å². The molecule has 1 saturated carbocycles. The molecule has 7 heteroatoms. The molecule has 2 atom stereocenters. The van der Waals surface area contributed by atoms with E-state index in [2.05, 4.69) is 17.0 Å². The van der Waals surface area contributed by atoms with Gasteiger partial charge in [-0.3, -0.25) is 4.90 Å². The summed E-state index contributed by atoms with van der Waals surface area (Å²) in [4.78, 5) is 2.14. The minimum Gasteiger partial charge on any atom is -0.456 e. The van der Waals surface area contributed by atoms with Crippen LogP contribution in [0.5, 0.6) is 0 Å². The standard InChI is InChI=1S/C16H19N5O2/c17-9-12-14(20)23-16(21-5-7-22-8-6-21)4-2-1-3-13(16)15(12,10-18)11-19/h13H,1-8,20H2/t13-,16+/m1/s1. The molecule has 2 fully saturated rings. The van der Waals surface area contributed by atoms with Gasteiger partial charge < -0.3 is 15.2 Å². The highest BCUT2D eigenvalue weighted by atomic mass is 16.5. The van der Waals surface area contributed by atoms with Crippen molar-refractivity contribution in [2.75, 3.05) is 26.3 Å². The Morgan fingerprint density at radius 3 is 2.43 bits per heavy atom. The summed E-state index contributed by atoms with van der Waals surface area (Å²) in [5, 5.41) is 29.0. The van der Waals surface area contributed by atoms with Gasteiger partial charge in [0.25, 0.3) is 0 Å². The molecular weight excluding hydrogens is 294 g/mol. The summed E-state index contributed by atoms with van der Waals surface area (Å²) in [6.07, 6.45) is 3.21. The van der Waals surface area contributed by atoms with Crippen LogP contribution >= 0.6 is 0 Å². The third-order valence-electron chi connectivity index (χ3n) is 5.28. The number of ether oxygens (including phenoxy) is 2. The molecule has 3 rings (SSSR count). The Morgan fingerprint density at radius 1 is 1.13 bits per heavy atom. The molecule has 2 N–H and O–H groups in total. The van der Waals surface area contributed by atoms with Crippen LogP contribution in [0.3, 0.4) is 0 Å². The fourth-order valence-electron chi connectivity index (χ4n) is 4.23. The Balaban J connectivity index is 2.16. The molecule has 0 aromatic rings. The van der Waals surface area contributed by atoms with Crippen molar-refractivity contribution in [1.29, 1.82) is 15.8 Å². The number of fused-ring (bicyclic) bond motifs is 1. The molecular formula is C16H19N5O2. The largest absolute Gasteiger partial charge is 0.456 e. The van der Waals surface area contributed by atoms with Gasteiger partial charge in [-0.15, -0.1) is 0 Å². The second-order valence-electron chi connectivity index (χ2n) is 6.23. The maximum Gasteiger partial charge on any atom is 0.203 e. The quantitative estimate of drug-likeness (QED) is 0.765. The summed E-state index contributed by atoms with van der Waals surface area (Å²) in [6, 6.07) is 6.15. The molecule has 1 aliphatic carbocycles. The minimum atomic E-state index is -1.55. The van der Waals surface area contributed by atoms with E-state index in [9.17, 15) is 15.8 Å². The summed E-state index contributed by atoms with van der Waals surface area (Å²) in [5.74, 6) is -0.473. The molecule has 0 amide bonds. The summed E-state index contributed by atoms with van der Waals surface area (Å²) in [7, 11) is 0.